The van der Waals surface area contributed by atoms with E-state index in [1.807, 2.05) is 0 Å². The van der Waals surface area contributed by atoms with Crippen molar-refractivity contribution in [3.8, 4) is 5.82 Å². The second-order valence-corrected chi connectivity index (χ2v) is 4.02. The number of nitrogens with zero attached hydrogens (tertiary/aromatic N) is 4. The van der Waals surface area contributed by atoms with E-state index in [4.69, 9.17) is 5.73 Å². The summed E-state index contributed by atoms with van der Waals surface area (Å²) in [6.07, 6.45) is 1.07. The standard InChI is InChI=1S/C11H11N5O3/c1-6-3-7(2)15(14-6)11-9(10(12)17)4-8(5-13-11)16(18)19/h3-5H,1-2H3,(H2,12,17). The van der Waals surface area contributed by atoms with Gasteiger partial charge in [-0.2, -0.15) is 5.10 Å². The monoisotopic (exact) mass is 261 g/mol. The highest BCUT2D eigenvalue weighted by atomic mass is 16.6. The van der Waals surface area contributed by atoms with Crippen molar-refractivity contribution >= 4 is 11.6 Å². The summed E-state index contributed by atoms with van der Waals surface area (Å²) < 4.78 is 1.43. The highest BCUT2D eigenvalue weighted by Gasteiger charge is 2.19. The molecule has 0 aromatic carbocycles. The van der Waals surface area contributed by atoms with E-state index < -0.39 is 10.8 Å². The molecule has 2 aromatic heterocycles. The van der Waals surface area contributed by atoms with Crippen LogP contribution < -0.4 is 5.73 Å². The topological polar surface area (TPSA) is 117 Å². The predicted molar refractivity (Wildman–Crippen MR) is 66.0 cm³/mol. The first kappa shape index (κ1) is 12.7. The molecule has 0 radical (unpaired) electrons. The van der Waals surface area contributed by atoms with Gasteiger partial charge >= 0.3 is 0 Å². The molecule has 0 bridgehead atoms. The summed E-state index contributed by atoms with van der Waals surface area (Å²) in [6, 6.07) is 2.90. The molecule has 0 saturated carbocycles. The lowest BCUT2D eigenvalue weighted by molar-refractivity contribution is -0.385. The highest BCUT2D eigenvalue weighted by molar-refractivity contribution is 5.96. The van der Waals surface area contributed by atoms with Crippen LogP contribution in [-0.2, 0) is 0 Å². The largest absolute Gasteiger partial charge is 0.365 e. The lowest BCUT2D eigenvalue weighted by atomic mass is 10.2. The molecule has 0 aliphatic heterocycles. The van der Waals surface area contributed by atoms with E-state index in [2.05, 4.69) is 10.1 Å². The van der Waals surface area contributed by atoms with Gasteiger partial charge in [-0.3, -0.25) is 14.9 Å². The second kappa shape index (κ2) is 4.48. The third kappa shape index (κ3) is 2.28. The Kier molecular flexibility index (Phi) is 2.99. The van der Waals surface area contributed by atoms with E-state index in [9.17, 15) is 14.9 Å². The van der Waals surface area contributed by atoms with Crippen LogP contribution in [0.3, 0.4) is 0 Å². The quantitative estimate of drug-likeness (QED) is 0.650. The van der Waals surface area contributed by atoms with Gasteiger partial charge < -0.3 is 5.73 Å². The van der Waals surface area contributed by atoms with Crippen LogP contribution in [0.5, 0.6) is 0 Å². The van der Waals surface area contributed by atoms with Gasteiger partial charge in [0.05, 0.1) is 16.2 Å². The van der Waals surface area contributed by atoms with Crippen LogP contribution in [-0.4, -0.2) is 25.6 Å². The minimum atomic E-state index is -0.793. The molecule has 0 aliphatic rings. The molecule has 0 spiro atoms. The maximum Gasteiger partial charge on any atom is 0.288 e. The van der Waals surface area contributed by atoms with Crippen molar-refractivity contribution in [3.63, 3.8) is 0 Å². The molecular formula is C11H11N5O3. The molecular weight excluding hydrogens is 250 g/mol. The van der Waals surface area contributed by atoms with Crippen molar-refractivity contribution in [3.05, 3.63) is 45.4 Å². The van der Waals surface area contributed by atoms with Gasteiger partial charge in [0.1, 0.15) is 6.20 Å². The number of carbonyl (C=O) groups excluding carboxylic acids is 1. The average molecular weight is 261 g/mol. The predicted octanol–water partition coefficient (Wildman–Crippen LogP) is 0.891. The summed E-state index contributed by atoms with van der Waals surface area (Å²) in [5.41, 5.74) is 6.40. The second-order valence-electron chi connectivity index (χ2n) is 4.02. The molecule has 8 nitrogen and oxygen atoms in total. The zero-order valence-corrected chi connectivity index (χ0v) is 10.3. The van der Waals surface area contributed by atoms with Crippen molar-refractivity contribution in [2.24, 2.45) is 5.73 Å². The van der Waals surface area contributed by atoms with Crippen molar-refractivity contribution in [2.45, 2.75) is 13.8 Å². The van der Waals surface area contributed by atoms with Gasteiger partial charge in [-0.1, -0.05) is 0 Å². The number of hydrogen-bond donors (Lipinski definition) is 1. The number of amides is 1. The van der Waals surface area contributed by atoms with E-state index in [1.54, 1.807) is 19.9 Å². The number of carbonyl (C=O) groups is 1. The summed E-state index contributed by atoms with van der Waals surface area (Å²) >= 11 is 0. The molecule has 2 aromatic rings. The number of aromatic nitrogens is 3. The van der Waals surface area contributed by atoms with Gasteiger partial charge in [0, 0.05) is 11.8 Å². The Labute approximate surface area is 108 Å². The number of rotatable bonds is 3. The molecule has 2 rings (SSSR count). The fourth-order valence-electron chi connectivity index (χ4n) is 1.74. The van der Waals surface area contributed by atoms with Gasteiger partial charge in [0.25, 0.3) is 11.6 Å². The first-order chi connectivity index (χ1) is 8.90. The first-order valence-corrected chi connectivity index (χ1v) is 5.38. The Bertz CT molecular complexity index is 677. The summed E-state index contributed by atoms with van der Waals surface area (Å²) in [4.78, 5) is 25.4. The zero-order valence-electron chi connectivity index (χ0n) is 10.3. The van der Waals surface area contributed by atoms with Crippen LogP contribution in [0.25, 0.3) is 5.82 Å². The number of hydrogen-bond acceptors (Lipinski definition) is 5. The number of nitro groups is 1. The van der Waals surface area contributed by atoms with Crippen LogP contribution in [0, 0.1) is 24.0 Å². The minimum absolute atomic E-state index is 0.0413. The van der Waals surface area contributed by atoms with Crippen LogP contribution in [0.1, 0.15) is 21.7 Å². The number of primary amides is 1. The molecule has 2 N–H and O–H groups in total. The van der Waals surface area contributed by atoms with Crippen LogP contribution in [0.4, 0.5) is 5.69 Å². The Morgan fingerprint density at radius 2 is 2.11 bits per heavy atom. The van der Waals surface area contributed by atoms with Crippen LogP contribution in [0.15, 0.2) is 18.3 Å². The summed E-state index contributed by atoms with van der Waals surface area (Å²) in [6.45, 7) is 3.58. The van der Waals surface area contributed by atoms with Crippen molar-refractivity contribution < 1.29 is 9.72 Å². The molecule has 0 atom stereocenters. The summed E-state index contributed by atoms with van der Waals surface area (Å²) in [5.74, 6) is -0.609. The maximum absolute atomic E-state index is 11.4. The van der Waals surface area contributed by atoms with E-state index in [-0.39, 0.29) is 17.1 Å². The molecule has 0 fully saturated rings. The highest BCUT2D eigenvalue weighted by Crippen LogP contribution is 2.19. The van der Waals surface area contributed by atoms with Crippen molar-refractivity contribution in [1.29, 1.82) is 0 Å². The molecule has 2 heterocycles. The van der Waals surface area contributed by atoms with Gasteiger partial charge in [0.15, 0.2) is 5.82 Å². The lowest BCUT2D eigenvalue weighted by Crippen LogP contribution is -2.17. The molecule has 0 saturated heterocycles. The zero-order chi connectivity index (χ0) is 14.2. The first-order valence-electron chi connectivity index (χ1n) is 5.38. The van der Waals surface area contributed by atoms with E-state index in [0.29, 0.717) is 0 Å². The Morgan fingerprint density at radius 3 is 2.58 bits per heavy atom. The van der Waals surface area contributed by atoms with Crippen molar-refractivity contribution in [2.75, 3.05) is 0 Å². The third-order valence-electron chi connectivity index (χ3n) is 2.54. The van der Waals surface area contributed by atoms with E-state index in [0.717, 1.165) is 23.7 Å². The average Bonchev–Trinajstić information content (AvgIpc) is 2.67. The maximum atomic E-state index is 11.4. The fraction of sp³-hybridized carbons (Fsp3) is 0.182. The van der Waals surface area contributed by atoms with Gasteiger partial charge in [-0.05, 0) is 19.9 Å². The summed E-state index contributed by atoms with van der Waals surface area (Å²) in [7, 11) is 0. The molecule has 8 heteroatoms. The Hall–Kier alpha value is -2.77. The fourth-order valence-corrected chi connectivity index (χ4v) is 1.74. The normalized spacial score (nSPS) is 10.4. The Morgan fingerprint density at radius 1 is 1.42 bits per heavy atom. The molecule has 98 valence electrons. The smallest absolute Gasteiger partial charge is 0.288 e. The van der Waals surface area contributed by atoms with Gasteiger partial charge in [0.2, 0.25) is 0 Å². The minimum Gasteiger partial charge on any atom is -0.365 e. The SMILES string of the molecule is Cc1cc(C)n(-c2ncc([N+](=O)[O-])cc2C(N)=O)n1. The van der Waals surface area contributed by atoms with Gasteiger partial charge in [-0.25, -0.2) is 9.67 Å². The molecule has 1 amide bonds. The number of nitrogens with two attached hydrogens (primary N) is 1. The third-order valence-corrected chi connectivity index (χ3v) is 2.54. The number of aryl methyl sites for hydroxylation is 2. The number of pyridine rings is 1. The molecule has 0 aliphatic carbocycles. The van der Waals surface area contributed by atoms with E-state index in [1.165, 1.54) is 4.68 Å². The Balaban J connectivity index is 2.66. The summed E-state index contributed by atoms with van der Waals surface area (Å²) in [5, 5.41) is 14.9. The van der Waals surface area contributed by atoms with E-state index >= 15 is 0 Å². The molecule has 0 unspecified atom stereocenters. The van der Waals surface area contributed by atoms with Crippen molar-refractivity contribution in [1.82, 2.24) is 14.8 Å². The van der Waals surface area contributed by atoms with Crippen LogP contribution in [0.2, 0.25) is 0 Å². The molecule has 19 heavy (non-hydrogen) atoms. The van der Waals surface area contributed by atoms with Gasteiger partial charge in [-0.15, -0.1) is 0 Å². The van der Waals surface area contributed by atoms with Crippen LogP contribution >= 0.6 is 0 Å². The lowest BCUT2D eigenvalue weighted by Gasteiger charge is -2.07.